The maximum Gasteiger partial charge on any atom is 0.326 e. The van der Waals surface area contributed by atoms with E-state index in [0.717, 1.165) is 24.6 Å². The first kappa shape index (κ1) is 20.8. The summed E-state index contributed by atoms with van der Waals surface area (Å²) in [6.45, 7) is 3.45. The third-order valence-corrected chi connectivity index (χ3v) is 7.49. The molecule has 8 heteroatoms. The number of nitrogens with one attached hydrogen (secondary N) is 1. The third-order valence-electron chi connectivity index (χ3n) is 4.21. The number of carbonyl (C=O) groups is 2. The minimum absolute atomic E-state index is 0.0492. The van der Waals surface area contributed by atoms with E-state index in [1.54, 1.807) is 38.1 Å². The molecule has 1 saturated carbocycles. The van der Waals surface area contributed by atoms with Crippen LogP contribution in [0.5, 0.6) is 0 Å². The van der Waals surface area contributed by atoms with E-state index in [1.807, 2.05) is 0 Å². The molecule has 1 amide bonds. The van der Waals surface area contributed by atoms with Gasteiger partial charge in [-0.25, -0.2) is 13.2 Å². The molecule has 2 atom stereocenters. The topological polar surface area (TPSA) is 101 Å². The van der Waals surface area contributed by atoms with Gasteiger partial charge in [-0.1, -0.05) is 31.9 Å². The van der Waals surface area contributed by atoms with Gasteiger partial charge in [-0.3, -0.25) is 4.79 Å². The molecule has 2 rings (SSSR count). The Balaban J connectivity index is 2.08. The van der Waals surface area contributed by atoms with Gasteiger partial charge in [0.15, 0.2) is 9.84 Å². The molecular formula is C18H25NO5S2. The predicted molar refractivity (Wildman–Crippen MR) is 101 cm³/mol. The van der Waals surface area contributed by atoms with Gasteiger partial charge in [0.1, 0.15) is 6.04 Å². The van der Waals surface area contributed by atoms with Crippen molar-refractivity contribution in [1.82, 2.24) is 5.32 Å². The molecule has 2 N–H and O–H groups in total. The van der Waals surface area contributed by atoms with Crippen LogP contribution in [-0.2, 0) is 19.4 Å². The SMILES string of the molecule is CCCS(=O)(=O)c1ccccc1SC(C)C(=O)NC(CC1CC1)C(=O)O. The van der Waals surface area contributed by atoms with E-state index in [2.05, 4.69) is 5.32 Å². The molecule has 144 valence electrons. The van der Waals surface area contributed by atoms with E-state index in [1.165, 1.54) is 0 Å². The maximum atomic E-state index is 12.4. The highest BCUT2D eigenvalue weighted by molar-refractivity contribution is 8.01. The monoisotopic (exact) mass is 399 g/mol. The number of sulfone groups is 1. The zero-order valence-electron chi connectivity index (χ0n) is 15.0. The minimum atomic E-state index is -3.40. The average Bonchev–Trinajstić information content (AvgIpc) is 3.38. The van der Waals surface area contributed by atoms with Crippen LogP contribution < -0.4 is 5.32 Å². The second kappa shape index (κ2) is 8.90. The lowest BCUT2D eigenvalue weighted by molar-refractivity contribution is -0.142. The lowest BCUT2D eigenvalue weighted by atomic mass is 10.1. The molecule has 26 heavy (non-hydrogen) atoms. The smallest absolute Gasteiger partial charge is 0.326 e. The summed E-state index contributed by atoms with van der Waals surface area (Å²) in [5.41, 5.74) is 0. The lowest BCUT2D eigenvalue weighted by Gasteiger charge is -2.18. The predicted octanol–water partition coefficient (Wildman–Crippen LogP) is 2.72. The van der Waals surface area contributed by atoms with E-state index in [4.69, 9.17) is 0 Å². The molecule has 0 saturated heterocycles. The van der Waals surface area contributed by atoms with Crippen LogP contribution >= 0.6 is 11.8 Å². The summed E-state index contributed by atoms with van der Waals surface area (Å²) in [6.07, 6.45) is 2.97. The summed E-state index contributed by atoms with van der Waals surface area (Å²) in [5.74, 6) is -1.01. The fourth-order valence-electron chi connectivity index (χ4n) is 2.62. The molecule has 0 heterocycles. The normalized spacial score (nSPS) is 16.7. The van der Waals surface area contributed by atoms with Crippen molar-refractivity contribution in [3.8, 4) is 0 Å². The number of benzene rings is 1. The van der Waals surface area contributed by atoms with E-state index < -0.39 is 33.0 Å². The number of hydrogen-bond donors (Lipinski definition) is 2. The van der Waals surface area contributed by atoms with Gasteiger partial charge in [0.25, 0.3) is 0 Å². The molecule has 1 aromatic carbocycles. The molecule has 1 aliphatic rings. The van der Waals surface area contributed by atoms with Crippen molar-refractivity contribution in [2.24, 2.45) is 5.92 Å². The van der Waals surface area contributed by atoms with Crippen molar-refractivity contribution in [3.63, 3.8) is 0 Å². The number of hydrogen-bond acceptors (Lipinski definition) is 5. The molecule has 0 radical (unpaired) electrons. The number of carbonyl (C=O) groups excluding carboxylic acids is 1. The first-order valence-electron chi connectivity index (χ1n) is 8.76. The van der Waals surface area contributed by atoms with Gasteiger partial charge < -0.3 is 10.4 Å². The summed E-state index contributed by atoms with van der Waals surface area (Å²) in [4.78, 5) is 24.5. The van der Waals surface area contributed by atoms with Crippen molar-refractivity contribution in [2.45, 2.75) is 60.6 Å². The first-order chi connectivity index (χ1) is 12.2. The minimum Gasteiger partial charge on any atom is -0.480 e. The molecule has 0 aliphatic heterocycles. The Morgan fingerprint density at radius 3 is 2.54 bits per heavy atom. The Bertz CT molecular complexity index is 759. The Morgan fingerprint density at radius 2 is 1.96 bits per heavy atom. The number of aliphatic carboxylic acids is 1. The van der Waals surface area contributed by atoms with E-state index >= 15 is 0 Å². The van der Waals surface area contributed by atoms with Crippen molar-refractivity contribution in [1.29, 1.82) is 0 Å². The average molecular weight is 400 g/mol. The molecule has 2 unspecified atom stereocenters. The standard InChI is InChI=1S/C18H25NO5S2/c1-3-10-26(23,24)16-7-5-4-6-15(16)25-12(2)17(20)19-14(18(21)22)11-13-8-9-13/h4-7,12-14H,3,8-11H2,1-2H3,(H,19,20)(H,21,22). The van der Waals surface area contributed by atoms with Gasteiger partial charge in [-0.05, 0) is 37.8 Å². The molecule has 6 nitrogen and oxygen atoms in total. The maximum absolute atomic E-state index is 12.4. The summed E-state index contributed by atoms with van der Waals surface area (Å²) < 4.78 is 24.8. The van der Waals surface area contributed by atoms with Crippen LogP contribution in [0.1, 0.15) is 39.5 Å². The van der Waals surface area contributed by atoms with Crippen LogP contribution in [0.15, 0.2) is 34.1 Å². The summed E-state index contributed by atoms with van der Waals surface area (Å²) in [5, 5.41) is 11.3. The molecule has 0 aromatic heterocycles. The van der Waals surface area contributed by atoms with E-state index in [-0.39, 0.29) is 10.6 Å². The number of amides is 1. The number of thioether (sulfide) groups is 1. The largest absolute Gasteiger partial charge is 0.480 e. The Morgan fingerprint density at radius 1 is 1.31 bits per heavy atom. The number of rotatable bonds is 10. The second-order valence-corrected chi connectivity index (χ2v) is 10.1. The molecular weight excluding hydrogens is 374 g/mol. The van der Waals surface area contributed by atoms with Gasteiger partial charge >= 0.3 is 5.97 Å². The van der Waals surface area contributed by atoms with Crippen LogP contribution in [-0.4, -0.2) is 42.4 Å². The first-order valence-corrected chi connectivity index (χ1v) is 11.3. The highest BCUT2D eigenvalue weighted by atomic mass is 32.2. The molecule has 0 bridgehead atoms. The zero-order valence-corrected chi connectivity index (χ0v) is 16.6. The fraction of sp³-hybridized carbons (Fsp3) is 0.556. The highest BCUT2D eigenvalue weighted by Crippen LogP contribution is 2.34. The van der Waals surface area contributed by atoms with Crippen molar-refractivity contribution in [2.75, 3.05) is 5.75 Å². The third kappa shape index (κ3) is 5.74. The van der Waals surface area contributed by atoms with E-state index in [0.29, 0.717) is 23.7 Å². The Kier molecular flexibility index (Phi) is 7.11. The molecule has 0 spiro atoms. The second-order valence-electron chi connectivity index (χ2n) is 6.60. The summed E-state index contributed by atoms with van der Waals surface area (Å²) >= 11 is 1.14. The number of carboxylic acids is 1. The zero-order chi connectivity index (χ0) is 19.3. The van der Waals surface area contributed by atoms with Crippen LogP contribution in [0.4, 0.5) is 0 Å². The van der Waals surface area contributed by atoms with Gasteiger partial charge in [-0.2, -0.15) is 0 Å². The molecule has 1 aromatic rings. The quantitative estimate of drug-likeness (QED) is 0.587. The van der Waals surface area contributed by atoms with Gasteiger partial charge in [-0.15, -0.1) is 11.8 Å². The highest BCUT2D eigenvalue weighted by Gasteiger charge is 2.31. The van der Waals surface area contributed by atoms with Crippen LogP contribution in [0.2, 0.25) is 0 Å². The molecule has 1 fully saturated rings. The van der Waals surface area contributed by atoms with Crippen molar-refractivity contribution >= 4 is 33.5 Å². The Hall–Kier alpha value is -1.54. The molecule has 1 aliphatic carbocycles. The van der Waals surface area contributed by atoms with Crippen LogP contribution in [0, 0.1) is 5.92 Å². The Labute approximate surface area is 158 Å². The van der Waals surface area contributed by atoms with E-state index in [9.17, 15) is 23.1 Å². The summed E-state index contributed by atoms with van der Waals surface area (Å²) in [7, 11) is -3.40. The fourth-order valence-corrected chi connectivity index (χ4v) is 5.46. The van der Waals surface area contributed by atoms with Crippen LogP contribution in [0.3, 0.4) is 0 Å². The summed E-state index contributed by atoms with van der Waals surface area (Å²) in [6, 6.07) is 5.72. The van der Waals surface area contributed by atoms with Crippen molar-refractivity contribution in [3.05, 3.63) is 24.3 Å². The van der Waals surface area contributed by atoms with Gasteiger partial charge in [0.2, 0.25) is 5.91 Å². The lowest BCUT2D eigenvalue weighted by Crippen LogP contribution is -2.44. The number of carboxylic acid groups (broad SMARTS) is 1. The van der Waals surface area contributed by atoms with Crippen LogP contribution in [0.25, 0.3) is 0 Å². The van der Waals surface area contributed by atoms with Gasteiger partial charge in [0.05, 0.1) is 15.9 Å². The van der Waals surface area contributed by atoms with Gasteiger partial charge in [0, 0.05) is 4.90 Å². The van der Waals surface area contributed by atoms with Crippen molar-refractivity contribution < 1.29 is 23.1 Å².